The van der Waals surface area contributed by atoms with Crippen LogP contribution in [0.25, 0.3) is 0 Å². The van der Waals surface area contributed by atoms with Gasteiger partial charge >= 0.3 is 0 Å². The number of carbonyl (C=O) groups is 1. The van der Waals surface area contributed by atoms with Gasteiger partial charge in [0.1, 0.15) is 0 Å². The fourth-order valence-corrected chi connectivity index (χ4v) is 4.11. The Hall–Kier alpha value is -1.71. The minimum absolute atomic E-state index is 0. The van der Waals surface area contributed by atoms with Crippen molar-refractivity contribution in [2.24, 2.45) is 0 Å². The molecule has 3 rings (SSSR count). The van der Waals surface area contributed by atoms with Crippen LogP contribution >= 0.6 is 24.8 Å². The molecule has 148 valence electrons. The van der Waals surface area contributed by atoms with E-state index < -0.39 is 10.0 Å². The number of hydrogen-bond acceptors (Lipinski definition) is 5. The van der Waals surface area contributed by atoms with Crippen molar-refractivity contribution in [1.82, 2.24) is 14.6 Å². The lowest BCUT2D eigenvalue weighted by molar-refractivity contribution is 0.102. The second-order valence-electron chi connectivity index (χ2n) is 5.73. The minimum Gasteiger partial charge on any atom is -0.321 e. The number of aromatic nitrogens is 1. The Kier molecular flexibility index (Phi) is 9.14. The van der Waals surface area contributed by atoms with E-state index in [1.807, 2.05) is 0 Å². The predicted octanol–water partition coefficient (Wildman–Crippen LogP) is 2.16. The molecule has 27 heavy (non-hydrogen) atoms. The van der Waals surface area contributed by atoms with Gasteiger partial charge in [0.25, 0.3) is 5.91 Å². The molecule has 0 bridgehead atoms. The van der Waals surface area contributed by atoms with Gasteiger partial charge in [0.05, 0.1) is 16.8 Å². The first-order valence-electron chi connectivity index (χ1n) is 8.10. The van der Waals surface area contributed by atoms with Gasteiger partial charge in [0.15, 0.2) is 0 Å². The Morgan fingerprint density at radius 2 is 1.81 bits per heavy atom. The van der Waals surface area contributed by atoms with Gasteiger partial charge in [-0.1, -0.05) is 0 Å². The molecule has 1 fully saturated rings. The molecule has 2 heterocycles. The maximum absolute atomic E-state index is 12.7. The van der Waals surface area contributed by atoms with E-state index in [2.05, 4.69) is 15.6 Å². The second kappa shape index (κ2) is 10.6. The molecule has 0 atom stereocenters. The van der Waals surface area contributed by atoms with Crippen LogP contribution in [0.3, 0.4) is 0 Å². The zero-order valence-electron chi connectivity index (χ0n) is 14.5. The Labute approximate surface area is 171 Å². The van der Waals surface area contributed by atoms with Gasteiger partial charge in [-0.25, -0.2) is 8.42 Å². The summed E-state index contributed by atoms with van der Waals surface area (Å²) in [5.41, 5.74) is 0.974. The zero-order valence-corrected chi connectivity index (χ0v) is 16.9. The Morgan fingerprint density at radius 3 is 2.48 bits per heavy atom. The fourth-order valence-electron chi connectivity index (χ4n) is 2.63. The van der Waals surface area contributed by atoms with Crippen LogP contribution in [-0.2, 0) is 10.0 Å². The SMILES string of the molecule is Cl.Cl.O=C(Nc1cccnc1)c1ccc(S(=O)(=O)N2CCCNCC2)cc1. The highest BCUT2D eigenvalue weighted by Gasteiger charge is 2.25. The minimum atomic E-state index is -3.54. The average Bonchev–Trinajstić information content (AvgIpc) is 2.93. The molecular weight excluding hydrogens is 411 g/mol. The highest BCUT2D eigenvalue weighted by molar-refractivity contribution is 7.89. The van der Waals surface area contributed by atoms with Crippen molar-refractivity contribution in [3.63, 3.8) is 0 Å². The monoisotopic (exact) mass is 432 g/mol. The van der Waals surface area contributed by atoms with Crippen LogP contribution in [0.2, 0.25) is 0 Å². The topological polar surface area (TPSA) is 91.4 Å². The number of nitrogens with zero attached hydrogens (tertiary/aromatic N) is 2. The van der Waals surface area contributed by atoms with Crippen molar-refractivity contribution < 1.29 is 13.2 Å². The number of anilines is 1. The highest BCUT2D eigenvalue weighted by Crippen LogP contribution is 2.18. The van der Waals surface area contributed by atoms with Crippen LogP contribution in [-0.4, -0.2) is 49.8 Å². The largest absolute Gasteiger partial charge is 0.321 e. The summed E-state index contributed by atoms with van der Waals surface area (Å²) in [5.74, 6) is -0.309. The number of pyridine rings is 1. The molecule has 0 radical (unpaired) electrons. The summed E-state index contributed by atoms with van der Waals surface area (Å²) in [6, 6.07) is 9.46. The number of rotatable bonds is 4. The van der Waals surface area contributed by atoms with E-state index in [9.17, 15) is 13.2 Å². The van der Waals surface area contributed by atoms with E-state index in [1.165, 1.54) is 28.6 Å². The molecule has 1 aliphatic rings. The Morgan fingerprint density at radius 1 is 1.07 bits per heavy atom. The van der Waals surface area contributed by atoms with Gasteiger partial charge in [-0.3, -0.25) is 9.78 Å². The van der Waals surface area contributed by atoms with Crippen LogP contribution in [0.15, 0.2) is 53.7 Å². The number of halogens is 2. The van der Waals surface area contributed by atoms with Crippen molar-refractivity contribution in [1.29, 1.82) is 0 Å². The first-order chi connectivity index (χ1) is 12.1. The van der Waals surface area contributed by atoms with E-state index in [0.717, 1.165) is 13.0 Å². The summed E-state index contributed by atoms with van der Waals surface area (Å²) >= 11 is 0. The molecule has 1 aliphatic heterocycles. The molecule has 2 N–H and O–H groups in total. The van der Waals surface area contributed by atoms with Gasteiger partial charge in [0.2, 0.25) is 10.0 Å². The summed E-state index contributed by atoms with van der Waals surface area (Å²) in [6.07, 6.45) is 3.95. The lowest BCUT2D eigenvalue weighted by atomic mass is 10.2. The maximum atomic E-state index is 12.7. The van der Waals surface area contributed by atoms with Crippen LogP contribution in [0.1, 0.15) is 16.8 Å². The fraction of sp³-hybridized carbons (Fsp3) is 0.294. The third-order valence-corrected chi connectivity index (χ3v) is 5.89. The van der Waals surface area contributed by atoms with E-state index in [0.29, 0.717) is 30.9 Å². The summed E-state index contributed by atoms with van der Waals surface area (Å²) in [7, 11) is -3.54. The zero-order chi connectivity index (χ0) is 17.7. The van der Waals surface area contributed by atoms with E-state index >= 15 is 0 Å². The first kappa shape index (κ1) is 23.3. The van der Waals surface area contributed by atoms with Gasteiger partial charge in [-0.05, 0) is 49.4 Å². The molecule has 0 unspecified atom stereocenters. The molecule has 1 aromatic carbocycles. The number of amides is 1. The van der Waals surface area contributed by atoms with E-state index in [-0.39, 0.29) is 35.6 Å². The van der Waals surface area contributed by atoms with Gasteiger partial charge in [-0.15, -0.1) is 24.8 Å². The van der Waals surface area contributed by atoms with Crippen molar-refractivity contribution in [2.75, 3.05) is 31.5 Å². The lowest BCUT2D eigenvalue weighted by Gasteiger charge is -2.19. The predicted molar refractivity (Wildman–Crippen MR) is 109 cm³/mol. The van der Waals surface area contributed by atoms with Crippen molar-refractivity contribution in [2.45, 2.75) is 11.3 Å². The Bertz CT molecular complexity index is 825. The third-order valence-electron chi connectivity index (χ3n) is 3.97. The Balaban J connectivity index is 0.00000182. The summed E-state index contributed by atoms with van der Waals surface area (Å²) in [4.78, 5) is 16.3. The number of benzene rings is 1. The molecule has 1 saturated heterocycles. The van der Waals surface area contributed by atoms with Crippen molar-refractivity contribution >= 4 is 46.4 Å². The van der Waals surface area contributed by atoms with Gasteiger partial charge in [0, 0.05) is 31.4 Å². The molecular formula is C17H22Cl2N4O3S. The second-order valence-corrected chi connectivity index (χ2v) is 7.67. The standard InChI is InChI=1S/C17H20N4O3S.2ClH/c22-17(20-15-3-1-8-19-13-15)14-4-6-16(7-5-14)25(23,24)21-11-2-9-18-10-12-21;;/h1,3-8,13,18H,2,9-12H2,(H,20,22);2*1H. The van der Waals surface area contributed by atoms with Crippen LogP contribution in [0.4, 0.5) is 5.69 Å². The molecule has 0 saturated carbocycles. The summed E-state index contributed by atoms with van der Waals surface area (Å²) in [5, 5.41) is 5.90. The third kappa shape index (κ3) is 5.88. The number of nitrogens with one attached hydrogen (secondary N) is 2. The first-order valence-corrected chi connectivity index (χ1v) is 9.54. The van der Waals surface area contributed by atoms with Crippen molar-refractivity contribution in [3.8, 4) is 0 Å². The summed E-state index contributed by atoms with van der Waals surface area (Å²) < 4.78 is 26.9. The maximum Gasteiger partial charge on any atom is 0.255 e. The van der Waals surface area contributed by atoms with E-state index in [1.54, 1.807) is 24.5 Å². The van der Waals surface area contributed by atoms with Crippen LogP contribution < -0.4 is 10.6 Å². The quantitative estimate of drug-likeness (QED) is 0.771. The normalized spacial score (nSPS) is 15.0. The molecule has 7 nitrogen and oxygen atoms in total. The molecule has 0 spiro atoms. The number of carbonyl (C=O) groups excluding carboxylic acids is 1. The molecule has 2 aromatic rings. The molecule has 1 amide bonds. The molecule has 1 aromatic heterocycles. The molecule has 0 aliphatic carbocycles. The van der Waals surface area contributed by atoms with Crippen LogP contribution in [0.5, 0.6) is 0 Å². The number of hydrogen-bond donors (Lipinski definition) is 2. The smallest absolute Gasteiger partial charge is 0.255 e. The van der Waals surface area contributed by atoms with Gasteiger partial charge < -0.3 is 10.6 Å². The average molecular weight is 433 g/mol. The van der Waals surface area contributed by atoms with Gasteiger partial charge in [-0.2, -0.15) is 4.31 Å². The summed E-state index contributed by atoms with van der Waals surface area (Å²) in [6.45, 7) is 2.41. The lowest BCUT2D eigenvalue weighted by Crippen LogP contribution is -2.34. The van der Waals surface area contributed by atoms with E-state index in [4.69, 9.17) is 0 Å². The number of sulfonamides is 1. The molecule has 10 heteroatoms. The van der Waals surface area contributed by atoms with Crippen molar-refractivity contribution in [3.05, 3.63) is 54.4 Å². The van der Waals surface area contributed by atoms with Crippen LogP contribution in [0, 0.1) is 0 Å². The highest BCUT2D eigenvalue weighted by atomic mass is 35.5.